The molecule has 1 fully saturated rings. The number of rotatable bonds is 4. The summed E-state index contributed by atoms with van der Waals surface area (Å²) in [4.78, 5) is 9.91. The SMILES string of the molecule is Cc1ccc(-c2csc3ncnc(NCC4CCCO4)c23)cc1. The highest BCUT2D eigenvalue weighted by Crippen LogP contribution is 2.36. The summed E-state index contributed by atoms with van der Waals surface area (Å²) in [5.74, 6) is 0.905. The van der Waals surface area contributed by atoms with Gasteiger partial charge in [-0.3, -0.25) is 0 Å². The molecule has 1 aliphatic rings. The number of hydrogen-bond donors (Lipinski definition) is 1. The molecule has 1 atom stereocenters. The molecule has 0 aliphatic carbocycles. The van der Waals surface area contributed by atoms with Crippen LogP contribution >= 0.6 is 11.3 Å². The highest BCUT2D eigenvalue weighted by Gasteiger charge is 2.17. The highest BCUT2D eigenvalue weighted by molar-refractivity contribution is 7.17. The van der Waals surface area contributed by atoms with Crippen molar-refractivity contribution in [3.8, 4) is 11.1 Å². The van der Waals surface area contributed by atoms with Crippen molar-refractivity contribution in [1.29, 1.82) is 0 Å². The molecule has 1 unspecified atom stereocenters. The number of benzene rings is 1. The zero-order valence-electron chi connectivity index (χ0n) is 13.1. The van der Waals surface area contributed by atoms with Gasteiger partial charge in [0.25, 0.3) is 0 Å². The van der Waals surface area contributed by atoms with Gasteiger partial charge >= 0.3 is 0 Å². The lowest BCUT2D eigenvalue weighted by atomic mass is 10.0. The molecule has 1 saturated heterocycles. The molecule has 3 aromatic rings. The molecule has 4 nitrogen and oxygen atoms in total. The maximum Gasteiger partial charge on any atom is 0.138 e. The van der Waals surface area contributed by atoms with Gasteiger partial charge in [0.15, 0.2) is 0 Å². The van der Waals surface area contributed by atoms with Crippen LogP contribution in [0.2, 0.25) is 0 Å². The Morgan fingerprint density at radius 1 is 1.26 bits per heavy atom. The normalized spacial score (nSPS) is 17.7. The van der Waals surface area contributed by atoms with E-state index in [4.69, 9.17) is 4.74 Å². The minimum Gasteiger partial charge on any atom is -0.376 e. The predicted molar refractivity (Wildman–Crippen MR) is 95.1 cm³/mol. The first-order valence-electron chi connectivity index (χ1n) is 7.96. The van der Waals surface area contributed by atoms with E-state index in [0.717, 1.165) is 42.0 Å². The number of nitrogens with zero attached hydrogens (tertiary/aromatic N) is 2. The molecule has 4 rings (SSSR count). The van der Waals surface area contributed by atoms with Crippen LogP contribution in [0.4, 0.5) is 5.82 Å². The fraction of sp³-hybridized carbons (Fsp3) is 0.333. The minimum absolute atomic E-state index is 0.293. The molecule has 0 bridgehead atoms. The molecule has 1 aliphatic heterocycles. The van der Waals surface area contributed by atoms with Crippen molar-refractivity contribution in [3.63, 3.8) is 0 Å². The molecule has 0 amide bonds. The number of ether oxygens (including phenoxy) is 1. The maximum atomic E-state index is 5.69. The molecule has 23 heavy (non-hydrogen) atoms. The van der Waals surface area contributed by atoms with Crippen LogP contribution in [0, 0.1) is 6.92 Å². The van der Waals surface area contributed by atoms with E-state index in [9.17, 15) is 0 Å². The van der Waals surface area contributed by atoms with Gasteiger partial charge in [-0.25, -0.2) is 9.97 Å². The number of nitrogens with one attached hydrogen (secondary N) is 1. The number of aromatic nitrogens is 2. The van der Waals surface area contributed by atoms with E-state index in [-0.39, 0.29) is 0 Å². The maximum absolute atomic E-state index is 5.69. The molecule has 3 heterocycles. The van der Waals surface area contributed by atoms with Gasteiger partial charge < -0.3 is 10.1 Å². The van der Waals surface area contributed by atoms with E-state index in [1.807, 2.05) is 0 Å². The number of thiophene rings is 1. The minimum atomic E-state index is 0.293. The zero-order valence-corrected chi connectivity index (χ0v) is 13.9. The van der Waals surface area contributed by atoms with Crippen LogP contribution in [0.15, 0.2) is 36.0 Å². The first-order valence-corrected chi connectivity index (χ1v) is 8.84. The van der Waals surface area contributed by atoms with Crippen LogP contribution in [-0.4, -0.2) is 29.2 Å². The molecule has 118 valence electrons. The molecule has 0 spiro atoms. The quantitative estimate of drug-likeness (QED) is 0.778. The van der Waals surface area contributed by atoms with Crippen molar-refractivity contribution in [2.24, 2.45) is 0 Å². The van der Waals surface area contributed by atoms with E-state index >= 15 is 0 Å². The third kappa shape index (κ3) is 2.94. The summed E-state index contributed by atoms with van der Waals surface area (Å²) in [5.41, 5.74) is 3.67. The van der Waals surface area contributed by atoms with Crippen LogP contribution < -0.4 is 5.32 Å². The summed E-state index contributed by atoms with van der Waals surface area (Å²) in [6, 6.07) is 8.60. The monoisotopic (exact) mass is 325 g/mol. The standard InChI is InChI=1S/C18H19N3OS/c1-12-4-6-13(7-5-12)15-10-23-18-16(15)17(20-11-21-18)19-9-14-3-2-8-22-14/h4-7,10-11,14H,2-3,8-9H2,1H3,(H,19,20,21). The topological polar surface area (TPSA) is 47.0 Å². The largest absolute Gasteiger partial charge is 0.376 e. The van der Waals surface area contributed by atoms with E-state index in [1.165, 1.54) is 16.7 Å². The summed E-state index contributed by atoms with van der Waals surface area (Å²) >= 11 is 1.66. The molecule has 5 heteroatoms. The van der Waals surface area contributed by atoms with Crippen molar-refractivity contribution in [1.82, 2.24) is 9.97 Å². The van der Waals surface area contributed by atoms with Gasteiger partial charge in [0.2, 0.25) is 0 Å². The third-order valence-corrected chi connectivity index (χ3v) is 5.14. The van der Waals surface area contributed by atoms with Gasteiger partial charge in [-0.05, 0) is 25.3 Å². The number of anilines is 1. The lowest BCUT2D eigenvalue weighted by Gasteiger charge is -2.12. The first kappa shape index (κ1) is 14.6. The van der Waals surface area contributed by atoms with Gasteiger partial charge in [-0.15, -0.1) is 11.3 Å². The van der Waals surface area contributed by atoms with Crippen molar-refractivity contribution in [3.05, 3.63) is 41.5 Å². The van der Waals surface area contributed by atoms with E-state index in [0.29, 0.717) is 6.10 Å². The van der Waals surface area contributed by atoms with E-state index in [2.05, 4.69) is 51.9 Å². The van der Waals surface area contributed by atoms with Crippen molar-refractivity contribution in [2.75, 3.05) is 18.5 Å². The Morgan fingerprint density at radius 2 is 2.13 bits per heavy atom. The Bertz CT molecular complexity index is 807. The van der Waals surface area contributed by atoms with Crippen LogP contribution in [-0.2, 0) is 4.74 Å². The number of fused-ring (bicyclic) bond motifs is 1. The lowest BCUT2D eigenvalue weighted by molar-refractivity contribution is 0.120. The van der Waals surface area contributed by atoms with Gasteiger partial charge in [0, 0.05) is 24.1 Å². The fourth-order valence-corrected chi connectivity index (χ4v) is 3.89. The Hall–Kier alpha value is -1.98. The van der Waals surface area contributed by atoms with Crippen molar-refractivity contribution < 1.29 is 4.74 Å². The second-order valence-corrected chi connectivity index (χ2v) is 6.79. The average molecular weight is 325 g/mol. The van der Waals surface area contributed by atoms with Gasteiger partial charge in [-0.2, -0.15) is 0 Å². The summed E-state index contributed by atoms with van der Waals surface area (Å²) in [5, 5.41) is 6.75. The third-order valence-electron chi connectivity index (χ3n) is 4.25. The highest BCUT2D eigenvalue weighted by atomic mass is 32.1. The second kappa shape index (κ2) is 6.26. The predicted octanol–water partition coefficient (Wildman–Crippen LogP) is 4.26. The molecular formula is C18H19N3OS. The molecule has 1 N–H and O–H groups in total. The zero-order chi connectivity index (χ0) is 15.6. The van der Waals surface area contributed by atoms with Crippen LogP contribution in [0.1, 0.15) is 18.4 Å². The number of hydrogen-bond acceptors (Lipinski definition) is 5. The molecule has 0 radical (unpaired) electrons. The number of aryl methyl sites for hydroxylation is 1. The Balaban J connectivity index is 1.69. The summed E-state index contributed by atoms with van der Waals surface area (Å²) < 4.78 is 5.69. The average Bonchev–Trinajstić information content (AvgIpc) is 3.23. The smallest absolute Gasteiger partial charge is 0.138 e. The Morgan fingerprint density at radius 3 is 2.91 bits per heavy atom. The summed E-state index contributed by atoms with van der Waals surface area (Å²) in [6.45, 7) is 3.78. The summed E-state index contributed by atoms with van der Waals surface area (Å²) in [6.07, 6.45) is 4.20. The molecule has 1 aromatic carbocycles. The second-order valence-electron chi connectivity index (χ2n) is 5.93. The van der Waals surface area contributed by atoms with Gasteiger partial charge in [0.1, 0.15) is 17.0 Å². The van der Waals surface area contributed by atoms with Gasteiger partial charge in [0.05, 0.1) is 11.5 Å². The van der Waals surface area contributed by atoms with Gasteiger partial charge in [-0.1, -0.05) is 29.8 Å². The molecule has 2 aromatic heterocycles. The lowest BCUT2D eigenvalue weighted by Crippen LogP contribution is -2.19. The van der Waals surface area contributed by atoms with Crippen LogP contribution in [0.3, 0.4) is 0 Å². The van der Waals surface area contributed by atoms with Crippen LogP contribution in [0.5, 0.6) is 0 Å². The Labute approximate surface area is 139 Å². The van der Waals surface area contributed by atoms with E-state index in [1.54, 1.807) is 17.7 Å². The first-order chi connectivity index (χ1) is 11.3. The summed E-state index contributed by atoms with van der Waals surface area (Å²) in [7, 11) is 0. The fourth-order valence-electron chi connectivity index (χ4n) is 2.97. The van der Waals surface area contributed by atoms with Crippen molar-refractivity contribution in [2.45, 2.75) is 25.9 Å². The molecular weight excluding hydrogens is 306 g/mol. The van der Waals surface area contributed by atoms with E-state index < -0.39 is 0 Å². The molecule has 0 saturated carbocycles. The van der Waals surface area contributed by atoms with Crippen LogP contribution in [0.25, 0.3) is 21.3 Å². The Kier molecular flexibility index (Phi) is 3.97. The van der Waals surface area contributed by atoms with Crippen molar-refractivity contribution >= 4 is 27.4 Å².